The van der Waals surface area contributed by atoms with E-state index in [1.54, 1.807) is 0 Å². The number of anilines is 6. The Labute approximate surface area is 481 Å². The van der Waals surface area contributed by atoms with Crippen molar-refractivity contribution in [3.05, 3.63) is 201 Å². The van der Waals surface area contributed by atoms with Crippen LogP contribution in [-0.4, -0.2) is 18.3 Å². The summed E-state index contributed by atoms with van der Waals surface area (Å²) in [6.07, 6.45) is 14.1. The predicted molar refractivity (Wildman–Crippen MR) is 345 cm³/mol. The SMILES string of the molecule is Cc1cc2c3c(c1)N(c1ccc4c(c1)sc1ccccc14)C1C=C(N4c5ccc(C(C)(C)C)cc5C5(C)CCCCC45C)C=CC1B3c1cc3c(cc1N2c1cc2c(cc1C)C(C)(C)CC2(C)C)C(C)(C)c1ccccc1C3(C)C. The quantitative estimate of drug-likeness (QED) is 0.163. The van der Waals surface area contributed by atoms with Gasteiger partial charge in [-0.1, -0.05) is 175 Å². The fourth-order valence-corrected chi connectivity index (χ4v) is 19.2. The summed E-state index contributed by atoms with van der Waals surface area (Å²) in [5.41, 5.74) is 26.4. The lowest BCUT2D eigenvalue weighted by Gasteiger charge is -2.53. The number of allylic oxidation sites excluding steroid dienone is 1. The zero-order chi connectivity index (χ0) is 55.7. The van der Waals surface area contributed by atoms with Crippen molar-refractivity contribution in [3.8, 4) is 0 Å². The number of hydrogen-bond donors (Lipinski definition) is 0. The maximum absolute atomic E-state index is 2.85. The lowest BCUT2D eigenvalue weighted by Crippen LogP contribution is -2.62. The summed E-state index contributed by atoms with van der Waals surface area (Å²) in [4.78, 5) is 8.42. The monoisotopic (exact) mass is 1070 g/mol. The van der Waals surface area contributed by atoms with Crippen molar-refractivity contribution in [2.45, 2.75) is 186 Å². The van der Waals surface area contributed by atoms with Crippen molar-refractivity contribution in [2.75, 3.05) is 14.7 Å². The fraction of sp³-hybridized carbons (Fsp3) is 0.387. The molecule has 3 aliphatic heterocycles. The van der Waals surface area contributed by atoms with Gasteiger partial charge in [-0.2, -0.15) is 0 Å². The Morgan fingerprint density at radius 1 is 0.562 bits per heavy atom. The van der Waals surface area contributed by atoms with Crippen LogP contribution in [0, 0.1) is 13.8 Å². The Kier molecular flexibility index (Phi) is 10.3. The first kappa shape index (κ1) is 50.6. The highest BCUT2D eigenvalue weighted by Crippen LogP contribution is 2.62. The molecule has 7 aromatic carbocycles. The first-order valence-corrected chi connectivity index (χ1v) is 31.1. The van der Waals surface area contributed by atoms with Gasteiger partial charge in [-0.05, 0) is 189 Å². The third-order valence-corrected chi connectivity index (χ3v) is 23.3. The first-order valence-electron chi connectivity index (χ1n) is 30.3. The summed E-state index contributed by atoms with van der Waals surface area (Å²) in [5, 5.41) is 2.69. The van der Waals surface area contributed by atoms with Gasteiger partial charge in [0.1, 0.15) is 0 Å². The molecule has 404 valence electrons. The number of aryl methyl sites for hydroxylation is 2. The third-order valence-electron chi connectivity index (χ3n) is 22.2. The van der Waals surface area contributed by atoms with Gasteiger partial charge < -0.3 is 14.7 Å². The molecule has 8 aromatic rings. The standard InChI is InChI=1S/C75H80BN3S/c1-44-34-64-68-65(35-44)78(61-41-54-53(36-45(61)2)70(6,7)43-71(54,8)9)63-42-56-55(72(10,11)51-23-17-18-24-52(51)73(56,12)13)40-59(63)76(68)58-30-28-48(38-62(58)77(64)47-27-29-50-49-22-16-19-25-66(49)80-67(50)39-47)79-60-31-26-46(69(3,4)5)37-57(60)74(14)32-20-21-33-75(74,79)15/h16-19,22-31,34-42,58,62H,20-21,32-33,43H2,1-15H3. The van der Waals surface area contributed by atoms with E-state index in [1.165, 1.54) is 152 Å². The number of benzene rings is 7. The predicted octanol–water partition coefficient (Wildman–Crippen LogP) is 18.7. The van der Waals surface area contributed by atoms with E-state index in [-0.39, 0.29) is 56.6 Å². The molecule has 4 atom stereocenters. The molecule has 0 amide bonds. The van der Waals surface area contributed by atoms with E-state index in [1.807, 2.05) is 11.3 Å². The van der Waals surface area contributed by atoms with Crippen molar-refractivity contribution in [3.63, 3.8) is 0 Å². The lowest BCUT2D eigenvalue weighted by atomic mass is 9.28. The summed E-state index contributed by atoms with van der Waals surface area (Å²) in [5.74, 6) is 0.133. The highest BCUT2D eigenvalue weighted by molar-refractivity contribution is 7.25. The van der Waals surface area contributed by atoms with E-state index >= 15 is 0 Å². The molecule has 1 fully saturated rings. The molecule has 4 aliphatic carbocycles. The molecule has 15 rings (SSSR count). The molecule has 80 heavy (non-hydrogen) atoms. The molecule has 4 heterocycles. The second-order valence-corrected chi connectivity index (χ2v) is 30.8. The summed E-state index contributed by atoms with van der Waals surface area (Å²) in [6, 6.07) is 49.1. The average molecular weight is 1070 g/mol. The zero-order valence-corrected chi connectivity index (χ0v) is 51.1. The van der Waals surface area contributed by atoms with Crippen LogP contribution in [0.3, 0.4) is 0 Å². The second-order valence-electron chi connectivity index (χ2n) is 29.7. The van der Waals surface area contributed by atoms with Crippen LogP contribution < -0.4 is 25.6 Å². The molecule has 0 N–H and O–H groups in total. The number of thiophene rings is 1. The minimum absolute atomic E-state index is 0.0230. The van der Waals surface area contributed by atoms with Gasteiger partial charge in [-0.15, -0.1) is 11.3 Å². The number of nitrogens with zero attached hydrogens (tertiary/aromatic N) is 3. The molecule has 0 spiro atoms. The Hall–Kier alpha value is -6.30. The van der Waals surface area contributed by atoms with Gasteiger partial charge in [-0.25, -0.2) is 0 Å². The van der Waals surface area contributed by atoms with E-state index < -0.39 is 0 Å². The number of hydrogen-bond acceptors (Lipinski definition) is 4. The average Bonchev–Trinajstić information content (AvgIpc) is 2.08. The first-order chi connectivity index (χ1) is 37.8. The van der Waals surface area contributed by atoms with Crippen molar-refractivity contribution in [2.24, 2.45) is 0 Å². The van der Waals surface area contributed by atoms with E-state index in [2.05, 4.69) is 258 Å². The Morgan fingerprint density at radius 2 is 1.21 bits per heavy atom. The molecular formula is C75H80BN3S. The maximum atomic E-state index is 2.85. The van der Waals surface area contributed by atoms with Gasteiger partial charge in [0, 0.05) is 76.2 Å². The highest BCUT2D eigenvalue weighted by atomic mass is 32.1. The summed E-state index contributed by atoms with van der Waals surface area (Å²) >= 11 is 1.93. The van der Waals surface area contributed by atoms with Crippen molar-refractivity contribution in [1.29, 1.82) is 0 Å². The van der Waals surface area contributed by atoms with Crippen LogP contribution in [0.15, 0.2) is 145 Å². The van der Waals surface area contributed by atoms with Crippen molar-refractivity contribution < 1.29 is 0 Å². The maximum Gasteiger partial charge on any atom is 0.226 e. The van der Waals surface area contributed by atoms with Crippen LogP contribution in [-0.2, 0) is 32.5 Å². The Bertz CT molecular complexity index is 4100. The molecule has 0 saturated heterocycles. The van der Waals surface area contributed by atoms with Crippen LogP contribution in [0.4, 0.5) is 34.1 Å². The van der Waals surface area contributed by atoms with Gasteiger partial charge >= 0.3 is 0 Å². The van der Waals surface area contributed by atoms with Gasteiger partial charge in [0.15, 0.2) is 0 Å². The highest BCUT2D eigenvalue weighted by Gasteiger charge is 2.59. The van der Waals surface area contributed by atoms with E-state index in [0.29, 0.717) is 0 Å². The Morgan fingerprint density at radius 3 is 1.95 bits per heavy atom. The van der Waals surface area contributed by atoms with Crippen molar-refractivity contribution >= 4 is 83.3 Å². The lowest BCUT2D eigenvalue weighted by molar-refractivity contribution is 0.191. The van der Waals surface area contributed by atoms with Crippen molar-refractivity contribution in [1.82, 2.24) is 0 Å². The van der Waals surface area contributed by atoms with Crippen LogP contribution in [0.1, 0.15) is 178 Å². The van der Waals surface area contributed by atoms with E-state index in [0.717, 1.165) is 6.42 Å². The number of rotatable bonds is 3. The van der Waals surface area contributed by atoms with Gasteiger partial charge in [0.05, 0.1) is 11.6 Å². The molecular weight excluding hydrogens is 986 g/mol. The van der Waals surface area contributed by atoms with Crippen LogP contribution in [0.5, 0.6) is 0 Å². The van der Waals surface area contributed by atoms with Gasteiger partial charge in [-0.3, -0.25) is 0 Å². The summed E-state index contributed by atoms with van der Waals surface area (Å²) in [7, 11) is 0. The molecule has 0 bridgehead atoms. The van der Waals surface area contributed by atoms with Gasteiger partial charge in [0.2, 0.25) is 6.71 Å². The zero-order valence-electron chi connectivity index (χ0n) is 50.3. The third kappa shape index (κ3) is 6.62. The smallest absolute Gasteiger partial charge is 0.226 e. The summed E-state index contributed by atoms with van der Waals surface area (Å²) < 4.78 is 2.69. The fourth-order valence-electron chi connectivity index (χ4n) is 18.0. The summed E-state index contributed by atoms with van der Waals surface area (Å²) in [6.45, 7) is 37.0. The van der Waals surface area contributed by atoms with Gasteiger partial charge in [0.25, 0.3) is 0 Å². The largest absolute Gasteiger partial charge is 0.335 e. The minimum atomic E-state index is -0.206. The minimum Gasteiger partial charge on any atom is -0.335 e. The molecule has 3 nitrogen and oxygen atoms in total. The molecule has 5 heteroatoms. The molecule has 0 radical (unpaired) electrons. The Balaban J connectivity index is 1.02. The molecule has 1 aromatic heterocycles. The topological polar surface area (TPSA) is 9.72 Å². The molecule has 1 saturated carbocycles. The van der Waals surface area contributed by atoms with E-state index in [9.17, 15) is 0 Å². The van der Waals surface area contributed by atoms with Crippen LogP contribution >= 0.6 is 11.3 Å². The molecule has 4 unspecified atom stereocenters. The normalized spacial score (nSPS) is 24.9. The van der Waals surface area contributed by atoms with Crippen LogP contribution in [0.25, 0.3) is 20.2 Å². The molecule has 7 aliphatic rings. The second kappa shape index (κ2) is 16.2. The number of fused-ring (bicyclic) bond motifs is 13. The van der Waals surface area contributed by atoms with E-state index in [4.69, 9.17) is 0 Å². The van der Waals surface area contributed by atoms with Crippen LogP contribution in [0.2, 0.25) is 5.82 Å².